The van der Waals surface area contributed by atoms with Crippen LogP contribution in [0, 0.1) is 0 Å². The van der Waals surface area contributed by atoms with Gasteiger partial charge in [-0.3, -0.25) is 5.43 Å². The quantitative estimate of drug-likeness (QED) is 0.655. The molecule has 0 aliphatic carbocycles. The molecule has 1 N–H and O–H groups in total. The van der Waals surface area contributed by atoms with Gasteiger partial charge in [-0.25, -0.2) is 0 Å². The lowest BCUT2D eigenvalue weighted by molar-refractivity contribution is 0.560. The average molecular weight is 354 g/mol. The molecule has 4 rings (SSSR count). The normalized spacial score (nSPS) is 18.5. The minimum Gasteiger partial charge on any atom is -0.463 e. The molecule has 0 saturated carbocycles. The second-order valence-electron chi connectivity index (χ2n) is 6.89. The highest BCUT2D eigenvalue weighted by atomic mass is 16.3. The standard InChI is InChI=1S/C19H26N6O/c1-3-9-24(10-4-1)18-14-17(23-20-15-16-8-7-13-26-16)21-19(22-18)25-11-5-2-6-12-25/h7-8,13-15H,1-6,9-12H2,(H,21,22,23)/b20-15-. The van der Waals surface area contributed by atoms with Crippen LogP contribution in [0.5, 0.6) is 0 Å². The van der Waals surface area contributed by atoms with Crippen molar-refractivity contribution in [3.63, 3.8) is 0 Å². The molecule has 2 saturated heterocycles. The second kappa shape index (κ2) is 8.21. The van der Waals surface area contributed by atoms with Gasteiger partial charge in [-0.1, -0.05) is 0 Å². The smallest absolute Gasteiger partial charge is 0.229 e. The molecule has 138 valence electrons. The summed E-state index contributed by atoms with van der Waals surface area (Å²) in [6.45, 7) is 4.17. The molecule has 0 atom stereocenters. The van der Waals surface area contributed by atoms with Crippen LogP contribution in [0.3, 0.4) is 0 Å². The molecule has 2 aliphatic rings. The summed E-state index contributed by atoms with van der Waals surface area (Å²) < 4.78 is 5.27. The van der Waals surface area contributed by atoms with Gasteiger partial charge in [0.1, 0.15) is 11.6 Å². The van der Waals surface area contributed by atoms with Gasteiger partial charge in [0.05, 0.1) is 12.5 Å². The number of hydrazone groups is 1. The van der Waals surface area contributed by atoms with E-state index >= 15 is 0 Å². The second-order valence-corrected chi connectivity index (χ2v) is 6.89. The number of nitrogens with zero attached hydrogens (tertiary/aromatic N) is 5. The molecule has 26 heavy (non-hydrogen) atoms. The summed E-state index contributed by atoms with van der Waals surface area (Å²) in [4.78, 5) is 14.2. The van der Waals surface area contributed by atoms with Crippen LogP contribution in [-0.4, -0.2) is 42.4 Å². The average Bonchev–Trinajstić information content (AvgIpc) is 3.23. The summed E-state index contributed by atoms with van der Waals surface area (Å²) in [5.41, 5.74) is 3.05. The predicted octanol–water partition coefficient (Wildman–Crippen LogP) is 3.50. The lowest BCUT2D eigenvalue weighted by Crippen LogP contribution is -2.33. The van der Waals surface area contributed by atoms with Crippen molar-refractivity contribution in [2.24, 2.45) is 5.10 Å². The van der Waals surface area contributed by atoms with E-state index in [-0.39, 0.29) is 0 Å². The Morgan fingerprint density at radius 1 is 0.962 bits per heavy atom. The maximum Gasteiger partial charge on any atom is 0.229 e. The molecule has 2 fully saturated rings. The lowest BCUT2D eigenvalue weighted by atomic mass is 10.1. The SMILES string of the molecule is C(=N/Nc1cc(N2CCCCC2)nc(N2CCCCC2)n1)/c1ccco1. The number of hydrogen-bond acceptors (Lipinski definition) is 7. The molecule has 2 aromatic rings. The number of nitrogens with one attached hydrogen (secondary N) is 1. The van der Waals surface area contributed by atoms with E-state index in [1.165, 1.54) is 38.5 Å². The third-order valence-corrected chi connectivity index (χ3v) is 4.93. The Bertz CT molecular complexity index is 681. The van der Waals surface area contributed by atoms with E-state index in [1.807, 2.05) is 18.2 Å². The van der Waals surface area contributed by atoms with Crippen LogP contribution in [0.2, 0.25) is 0 Å². The number of hydrogen-bond donors (Lipinski definition) is 1. The van der Waals surface area contributed by atoms with Crippen LogP contribution < -0.4 is 15.2 Å². The fourth-order valence-corrected chi connectivity index (χ4v) is 3.53. The topological polar surface area (TPSA) is 69.8 Å². The molecule has 0 unspecified atom stereocenters. The summed E-state index contributed by atoms with van der Waals surface area (Å²) in [6.07, 6.45) is 10.7. The van der Waals surface area contributed by atoms with E-state index in [0.717, 1.165) is 43.8 Å². The van der Waals surface area contributed by atoms with Crippen molar-refractivity contribution < 1.29 is 4.42 Å². The van der Waals surface area contributed by atoms with Crippen molar-refractivity contribution >= 4 is 23.8 Å². The number of furan rings is 1. The molecular weight excluding hydrogens is 328 g/mol. The van der Waals surface area contributed by atoms with E-state index in [0.29, 0.717) is 5.76 Å². The summed E-state index contributed by atoms with van der Waals surface area (Å²) in [7, 11) is 0. The molecule has 0 spiro atoms. The van der Waals surface area contributed by atoms with Crippen LogP contribution in [0.25, 0.3) is 0 Å². The maximum absolute atomic E-state index is 5.27. The van der Waals surface area contributed by atoms with E-state index in [2.05, 4.69) is 20.3 Å². The van der Waals surface area contributed by atoms with Gasteiger partial charge in [0.15, 0.2) is 5.82 Å². The molecule has 4 heterocycles. The van der Waals surface area contributed by atoms with E-state index in [1.54, 1.807) is 12.5 Å². The van der Waals surface area contributed by atoms with Gasteiger partial charge in [0, 0.05) is 32.2 Å². The predicted molar refractivity (Wildman–Crippen MR) is 104 cm³/mol. The first-order chi connectivity index (χ1) is 12.9. The Kier molecular flexibility index (Phi) is 5.33. The first-order valence-corrected chi connectivity index (χ1v) is 9.60. The molecule has 0 amide bonds. The Morgan fingerprint density at radius 3 is 2.38 bits per heavy atom. The highest BCUT2D eigenvalue weighted by Crippen LogP contribution is 2.25. The largest absolute Gasteiger partial charge is 0.463 e. The summed E-state index contributed by atoms with van der Waals surface area (Å²) in [5.74, 6) is 3.24. The Hall–Kier alpha value is -2.57. The van der Waals surface area contributed by atoms with Crippen molar-refractivity contribution in [2.45, 2.75) is 38.5 Å². The van der Waals surface area contributed by atoms with Gasteiger partial charge in [0.25, 0.3) is 0 Å². The molecule has 2 aromatic heterocycles. The zero-order chi connectivity index (χ0) is 17.6. The van der Waals surface area contributed by atoms with E-state index in [4.69, 9.17) is 14.4 Å². The van der Waals surface area contributed by atoms with Gasteiger partial charge in [-0.05, 0) is 50.7 Å². The van der Waals surface area contributed by atoms with E-state index in [9.17, 15) is 0 Å². The maximum atomic E-state index is 5.27. The molecule has 0 bridgehead atoms. The fourth-order valence-electron chi connectivity index (χ4n) is 3.53. The highest BCUT2D eigenvalue weighted by molar-refractivity contribution is 5.76. The molecule has 7 heteroatoms. The Morgan fingerprint density at radius 2 is 1.69 bits per heavy atom. The van der Waals surface area contributed by atoms with Crippen molar-refractivity contribution in [2.75, 3.05) is 41.4 Å². The number of aromatic nitrogens is 2. The van der Waals surface area contributed by atoms with Gasteiger partial charge in [0.2, 0.25) is 5.95 Å². The molecule has 0 aromatic carbocycles. The van der Waals surface area contributed by atoms with Crippen LogP contribution in [0.1, 0.15) is 44.3 Å². The van der Waals surface area contributed by atoms with Gasteiger partial charge < -0.3 is 14.2 Å². The van der Waals surface area contributed by atoms with Crippen LogP contribution in [0.15, 0.2) is 34.0 Å². The Labute approximate surface area is 154 Å². The van der Waals surface area contributed by atoms with Crippen LogP contribution in [0.4, 0.5) is 17.6 Å². The molecule has 2 aliphatic heterocycles. The van der Waals surface area contributed by atoms with Gasteiger partial charge in [-0.15, -0.1) is 0 Å². The minimum absolute atomic E-state index is 0.707. The number of piperidine rings is 2. The van der Waals surface area contributed by atoms with E-state index < -0.39 is 0 Å². The molecule has 7 nitrogen and oxygen atoms in total. The number of rotatable bonds is 5. The van der Waals surface area contributed by atoms with Crippen LogP contribution in [-0.2, 0) is 0 Å². The van der Waals surface area contributed by atoms with Gasteiger partial charge >= 0.3 is 0 Å². The summed E-state index contributed by atoms with van der Waals surface area (Å²) >= 11 is 0. The zero-order valence-corrected chi connectivity index (χ0v) is 15.1. The highest BCUT2D eigenvalue weighted by Gasteiger charge is 2.19. The third kappa shape index (κ3) is 4.15. The minimum atomic E-state index is 0.707. The zero-order valence-electron chi connectivity index (χ0n) is 15.1. The fraction of sp³-hybridized carbons (Fsp3) is 0.526. The lowest BCUT2D eigenvalue weighted by Gasteiger charge is -2.31. The summed E-state index contributed by atoms with van der Waals surface area (Å²) in [6, 6.07) is 5.71. The van der Waals surface area contributed by atoms with Crippen LogP contribution >= 0.6 is 0 Å². The summed E-state index contributed by atoms with van der Waals surface area (Å²) in [5, 5.41) is 4.26. The first kappa shape index (κ1) is 16.9. The number of anilines is 3. The Balaban J connectivity index is 1.56. The molecular formula is C19H26N6O. The first-order valence-electron chi connectivity index (χ1n) is 9.60. The van der Waals surface area contributed by atoms with Crippen molar-refractivity contribution in [1.82, 2.24) is 9.97 Å². The van der Waals surface area contributed by atoms with Gasteiger partial charge in [-0.2, -0.15) is 15.1 Å². The van der Waals surface area contributed by atoms with Crippen molar-refractivity contribution in [3.8, 4) is 0 Å². The van der Waals surface area contributed by atoms with Crippen molar-refractivity contribution in [3.05, 3.63) is 30.2 Å². The molecule has 0 radical (unpaired) electrons. The monoisotopic (exact) mass is 354 g/mol. The third-order valence-electron chi connectivity index (χ3n) is 4.93. The van der Waals surface area contributed by atoms with Crippen molar-refractivity contribution in [1.29, 1.82) is 0 Å².